The van der Waals surface area contributed by atoms with Crippen molar-refractivity contribution >= 4 is 0 Å². The van der Waals surface area contributed by atoms with Crippen LogP contribution in [0.5, 0.6) is 5.75 Å². The van der Waals surface area contributed by atoms with Crippen LogP contribution in [0.1, 0.15) is 31.0 Å². The zero-order chi connectivity index (χ0) is 11.1. The molecule has 0 amide bonds. The highest BCUT2D eigenvalue weighted by Crippen LogP contribution is 2.45. The van der Waals surface area contributed by atoms with Crippen molar-refractivity contribution < 1.29 is 4.74 Å². The van der Waals surface area contributed by atoms with Crippen LogP contribution in [0.2, 0.25) is 0 Å². The second kappa shape index (κ2) is 3.53. The average molecular weight is 205 g/mol. The maximum atomic E-state index is 5.27. The molecule has 2 nitrogen and oxygen atoms in total. The molecule has 2 rings (SSSR count). The number of fused-ring (bicyclic) bond motifs is 1. The number of methoxy groups -OCH3 is 1. The minimum absolute atomic E-state index is 0.295. The third-order valence-electron chi connectivity index (χ3n) is 3.38. The Labute approximate surface area is 91.6 Å². The second-order valence-corrected chi connectivity index (χ2v) is 4.95. The Morgan fingerprint density at radius 3 is 2.73 bits per heavy atom. The van der Waals surface area contributed by atoms with E-state index in [0.717, 1.165) is 12.2 Å². The average Bonchev–Trinajstić information content (AvgIpc) is 2.46. The second-order valence-electron chi connectivity index (χ2n) is 4.95. The molecular weight excluding hydrogens is 186 g/mol. The highest BCUT2D eigenvalue weighted by molar-refractivity contribution is 5.42. The van der Waals surface area contributed by atoms with Gasteiger partial charge in [-0.1, -0.05) is 19.9 Å². The van der Waals surface area contributed by atoms with Gasteiger partial charge in [0, 0.05) is 6.04 Å². The van der Waals surface area contributed by atoms with Gasteiger partial charge in [0.2, 0.25) is 0 Å². The molecule has 1 atom stereocenters. The van der Waals surface area contributed by atoms with E-state index in [1.807, 2.05) is 13.1 Å². The van der Waals surface area contributed by atoms with E-state index in [1.54, 1.807) is 7.11 Å². The Hall–Kier alpha value is -1.02. The molecule has 0 aliphatic heterocycles. The van der Waals surface area contributed by atoms with Crippen LogP contribution in [-0.2, 0) is 6.42 Å². The molecule has 0 heterocycles. The van der Waals surface area contributed by atoms with Crippen molar-refractivity contribution in [1.29, 1.82) is 0 Å². The van der Waals surface area contributed by atoms with Crippen molar-refractivity contribution in [3.05, 3.63) is 29.3 Å². The number of nitrogens with one attached hydrogen (secondary N) is 1. The lowest BCUT2D eigenvalue weighted by atomic mass is 9.85. The lowest BCUT2D eigenvalue weighted by molar-refractivity contribution is 0.282. The van der Waals surface area contributed by atoms with E-state index in [9.17, 15) is 0 Å². The van der Waals surface area contributed by atoms with Crippen molar-refractivity contribution in [2.75, 3.05) is 14.2 Å². The first-order chi connectivity index (χ1) is 7.08. The Balaban J connectivity index is 2.45. The fourth-order valence-corrected chi connectivity index (χ4v) is 2.69. The quantitative estimate of drug-likeness (QED) is 0.801. The predicted octanol–water partition coefficient (Wildman–Crippen LogP) is 2.54. The molecule has 0 saturated heterocycles. The largest absolute Gasteiger partial charge is 0.497 e. The fraction of sp³-hybridized carbons (Fsp3) is 0.538. The molecule has 0 aromatic heterocycles. The van der Waals surface area contributed by atoms with Gasteiger partial charge < -0.3 is 10.1 Å². The van der Waals surface area contributed by atoms with Gasteiger partial charge in [-0.05, 0) is 42.1 Å². The van der Waals surface area contributed by atoms with Crippen molar-refractivity contribution in [2.24, 2.45) is 5.41 Å². The van der Waals surface area contributed by atoms with Crippen LogP contribution in [0, 0.1) is 5.41 Å². The Bertz CT molecular complexity index is 371. The van der Waals surface area contributed by atoms with E-state index in [1.165, 1.54) is 11.1 Å². The van der Waals surface area contributed by atoms with Gasteiger partial charge in [0.1, 0.15) is 5.75 Å². The smallest absolute Gasteiger partial charge is 0.119 e. The van der Waals surface area contributed by atoms with Crippen molar-refractivity contribution in [3.63, 3.8) is 0 Å². The van der Waals surface area contributed by atoms with Gasteiger partial charge in [-0.25, -0.2) is 0 Å². The first-order valence-electron chi connectivity index (χ1n) is 5.42. The fourth-order valence-electron chi connectivity index (χ4n) is 2.69. The lowest BCUT2D eigenvalue weighted by Crippen LogP contribution is -2.28. The van der Waals surface area contributed by atoms with Crippen LogP contribution >= 0.6 is 0 Å². The number of ether oxygens (including phenoxy) is 1. The normalized spacial score (nSPS) is 22.5. The van der Waals surface area contributed by atoms with E-state index in [2.05, 4.69) is 31.3 Å². The molecule has 15 heavy (non-hydrogen) atoms. The SMILES string of the molecule is CNC1c2cc(OC)ccc2CC1(C)C. The number of hydrogen-bond donors (Lipinski definition) is 1. The summed E-state index contributed by atoms with van der Waals surface area (Å²) in [5, 5.41) is 3.41. The van der Waals surface area contributed by atoms with Crippen LogP contribution < -0.4 is 10.1 Å². The molecule has 2 heteroatoms. The van der Waals surface area contributed by atoms with Gasteiger partial charge in [-0.2, -0.15) is 0 Å². The van der Waals surface area contributed by atoms with Gasteiger partial charge >= 0.3 is 0 Å². The molecule has 82 valence electrons. The van der Waals surface area contributed by atoms with E-state index in [0.29, 0.717) is 11.5 Å². The molecule has 0 radical (unpaired) electrons. The molecule has 1 aliphatic carbocycles. The Morgan fingerprint density at radius 2 is 2.13 bits per heavy atom. The van der Waals surface area contributed by atoms with Gasteiger partial charge in [0.15, 0.2) is 0 Å². The van der Waals surface area contributed by atoms with E-state index >= 15 is 0 Å². The van der Waals surface area contributed by atoms with E-state index < -0.39 is 0 Å². The molecule has 0 bridgehead atoms. The molecule has 0 saturated carbocycles. The minimum Gasteiger partial charge on any atom is -0.497 e. The van der Waals surface area contributed by atoms with Crippen molar-refractivity contribution in [3.8, 4) is 5.75 Å². The van der Waals surface area contributed by atoms with Crippen LogP contribution in [0.4, 0.5) is 0 Å². The van der Waals surface area contributed by atoms with Crippen LogP contribution in [-0.4, -0.2) is 14.2 Å². The highest BCUT2D eigenvalue weighted by atomic mass is 16.5. The number of hydrogen-bond acceptors (Lipinski definition) is 2. The van der Waals surface area contributed by atoms with Crippen LogP contribution in [0.15, 0.2) is 18.2 Å². The molecule has 1 unspecified atom stereocenters. The Kier molecular flexibility index (Phi) is 2.47. The summed E-state index contributed by atoms with van der Waals surface area (Å²) < 4.78 is 5.27. The third-order valence-corrected chi connectivity index (χ3v) is 3.38. The van der Waals surface area contributed by atoms with Gasteiger partial charge in [0.05, 0.1) is 7.11 Å². The van der Waals surface area contributed by atoms with Gasteiger partial charge in [0.25, 0.3) is 0 Å². The molecule has 1 aliphatic rings. The minimum atomic E-state index is 0.295. The summed E-state index contributed by atoms with van der Waals surface area (Å²) in [4.78, 5) is 0. The van der Waals surface area contributed by atoms with Gasteiger partial charge in [-0.15, -0.1) is 0 Å². The standard InChI is InChI=1S/C13H19NO/c1-13(2)8-9-5-6-10(15-4)7-11(9)12(13)14-3/h5-7,12,14H,8H2,1-4H3. The summed E-state index contributed by atoms with van der Waals surface area (Å²) in [6.07, 6.45) is 1.14. The van der Waals surface area contributed by atoms with E-state index in [-0.39, 0.29) is 0 Å². The lowest BCUT2D eigenvalue weighted by Gasteiger charge is -2.27. The first-order valence-corrected chi connectivity index (χ1v) is 5.42. The number of benzene rings is 1. The van der Waals surface area contributed by atoms with Gasteiger partial charge in [-0.3, -0.25) is 0 Å². The molecule has 1 N–H and O–H groups in total. The zero-order valence-electron chi connectivity index (χ0n) is 9.92. The maximum absolute atomic E-state index is 5.27. The molecule has 0 spiro atoms. The monoisotopic (exact) mass is 205 g/mol. The Morgan fingerprint density at radius 1 is 1.40 bits per heavy atom. The summed E-state index contributed by atoms with van der Waals surface area (Å²) in [6, 6.07) is 6.83. The van der Waals surface area contributed by atoms with Crippen LogP contribution in [0.3, 0.4) is 0 Å². The summed E-state index contributed by atoms with van der Waals surface area (Å²) in [5.41, 5.74) is 3.13. The maximum Gasteiger partial charge on any atom is 0.119 e. The van der Waals surface area contributed by atoms with E-state index in [4.69, 9.17) is 4.74 Å². The summed E-state index contributed by atoms with van der Waals surface area (Å²) >= 11 is 0. The molecule has 1 aromatic carbocycles. The number of rotatable bonds is 2. The van der Waals surface area contributed by atoms with Crippen LogP contribution in [0.25, 0.3) is 0 Å². The summed E-state index contributed by atoms with van der Waals surface area (Å²) in [5.74, 6) is 0.951. The zero-order valence-corrected chi connectivity index (χ0v) is 9.92. The molecular formula is C13H19NO. The molecule has 0 fully saturated rings. The summed E-state index contributed by atoms with van der Waals surface area (Å²) in [7, 11) is 3.75. The van der Waals surface area contributed by atoms with Crippen molar-refractivity contribution in [1.82, 2.24) is 5.32 Å². The first kappa shape index (κ1) is 10.5. The predicted molar refractivity (Wildman–Crippen MR) is 62.3 cm³/mol. The topological polar surface area (TPSA) is 21.3 Å². The summed E-state index contributed by atoms with van der Waals surface area (Å²) in [6.45, 7) is 4.61. The highest BCUT2D eigenvalue weighted by Gasteiger charge is 2.37. The van der Waals surface area contributed by atoms with Crippen molar-refractivity contribution in [2.45, 2.75) is 26.3 Å². The molecule has 1 aromatic rings. The third kappa shape index (κ3) is 1.63.